The van der Waals surface area contributed by atoms with Gasteiger partial charge in [-0.25, -0.2) is 0 Å². The summed E-state index contributed by atoms with van der Waals surface area (Å²) in [6.07, 6.45) is 1.59. The molecule has 2 aromatic carbocycles. The first kappa shape index (κ1) is 16.3. The third kappa shape index (κ3) is 3.18. The molecule has 3 aromatic rings. The van der Waals surface area contributed by atoms with Gasteiger partial charge in [0.1, 0.15) is 0 Å². The molecule has 0 radical (unpaired) electrons. The van der Waals surface area contributed by atoms with Crippen molar-refractivity contribution in [3.63, 3.8) is 0 Å². The summed E-state index contributed by atoms with van der Waals surface area (Å²) in [5.41, 5.74) is 2.04. The zero-order valence-corrected chi connectivity index (χ0v) is 14.3. The van der Waals surface area contributed by atoms with E-state index in [4.69, 9.17) is 0 Å². The normalized spacial score (nSPS) is 17.2. The van der Waals surface area contributed by atoms with E-state index < -0.39 is 0 Å². The van der Waals surface area contributed by atoms with Crippen LogP contribution in [-0.2, 0) is 4.79 Å². The molecule has 0 saturated carbocycles. The van der Waals surface area contributed by atoms with Crippen molar-refractivity contribution in [3.05, 3.63) is 60.3 Å². The van der Waals surface area contributed by atoms with Crippen molar-refractivity contribution in [2.24, 2.45) is 5.92 Å². The van der Waals surface area contributed by atoms with E-state index >= 15 is 0 Å². The first-order valence-corrected chi connectivity index (χ1v) is 8.80. The quantitative estimate of drug-likeness (QED) is 0.764. The fraction of sp³-hybridized carbons (Fsp3) is 0.250. The Labute approximate surface area is 151 Å². The number of H-pyrrole nitrogens is 1. The highest BCUT2D eigenvalue weighted by atomic mass is 16.2. The number of para-hydroxylation sites is 2. The fourth-order valence-electron chi connectivity index (χ4n) is 3.42. The van der Waals surface area contributed by atoms with Crippen molar-refractivity contribution in [2.75, 3.05) is 18.4 Å². The molecule has 0 spiro atoms. The summed E-state index contributed by atoms with van der Waals surface area (Å²) in [7, 11) is 0. The lowest BCUT2D eigenvalue weighted by Crippen LogP contribution is -2.44. The van der Waals surface area contributed by atoms with Gasteiger partial charge in [0.15, 0.2) is 5.69 Å². The second-order valence-corrected chi connectivity index (χ2v) is 6.56. The number of aromatic nitrogens is 2. The molecule has 1 aliphatic rings. The lowest BCUT2D eigenvalue weighted by Gasteiger charge is -2.31. The number of aromatic amines is 1. The molecule has 1 aliphatic heterocycles. The van der Waals surface area contributed by atoms with Crippen LogP contribution in [0.4, 0.5) is 5.69 Å². The summed E-state index contributed by atoms with van der Waals surface area (Å²) in [4.78, 5) is 27.2. The van der Waals surface area contributed by atoms with Crippen molar-refractivity contribution in [1.29, 1.82) is 0 Å². The van der Waals surface area contributed by atoms with Gasteiger partial charge in [-0.15, -0.1) is 0 Å². The minimum atomic E-state index is -0.210. The van der Waals surface area contributed by atoms with E-state index in [0.29, 0.717) is 18.8 Å². The van der Waals surface area contributed by atoms with E-state index in [1.54, 1.807) is 4.90 Å². The fourth-order valence-corrected chi connectivity index (χ4v) is 3.42. The average Bonchev–Trinajstić information content (AvgIpc) is 3.12. The first-order valence-electron chi connectivity index (χ1n) is 8.80. The van der Waals surface area contributed by atoms with Gasteiger partial charge in [-0.05, 0) is 31.0 Å². The lowest BCUT2D eigenvalue weighted by molar-refractivity contribution is -0.121. The molecular weight excluding hydrogens is 328 g/mol. The van der Waals surface area contributed by atoms with Gasteiger partial charge in [-0.2, -0.15) is 5.10 Å². The number of nitrogens with one attached hydrogen (secondary N) is 2. The Morgan fingerprint density at radius 3 is 2.69 bits per heavy atom. The van der Waals surface area contributed by atoms with Crippen LogP contribution in [0.2, 0.25) is 0 Å². The van der Waals surface area contributed by atoms with E-state index in [1.807, 2.05) is 54.6 Å². The number of benzene rings is 2. The van der Waals surface area contributed by atoms with E-state index in [-0.39, 0.29) is 17.7 Å². The number of amides is 2. The maximum atomic E-state index is 12.9. The van der Waals surface area contributed by atoms with Gasteiger partial charge < -0.3 is 10.2 Å². The molecule has 132 valence electrons. The van der Waals surface area contributed by atoms with E-state index in [1.165, 1.54) is 0 Å². The summed E-state index contributed by atoms with van der Waals surface area (Å²) < 4.78 is 0. The highest BCUT2D eigenvalue weighted by molar-refractivity contribution is 6.05. The highest BCUT2D eigenvalue weighted by Gasteiger charge is 2.30. The molecule has 1 unspecified atom stereocenters. The Morgan fingerprint density at radius 1 is 1.08 bits per heavy atom. The van der Waals surface area contributed by atoms with E-state index in [2.05, 4.69) is 15.5 Å². The van der Waals surface area contributed by atoms with Crippen molar-refractivity contribution < 1.29 is 9.59 Å². The largest absolute Gasteiger partial charge is 0.336 e. The summed E-state index contributed by atoms with van der Waals surface area (Å²) in [6, 6.07) is 17.0. The lowest BCUT2D eigenvalue weighted by atomic mass is 9.96. The molecule has 1 fully saturated rings. The Kier molecular flexibility index (Phi) is 4.39. The topological polar surface area (TPSA) is 78.1 Å². The van der Waals surface area contributed by atoms with Crippen molar-refractivity contribution in [2.45, 2.75) is 12.8 Å². The van der Waals surface area contributed by atoms with E-state index in [9.17, 15) is 9.59 Å². The number of likely N-dealkylation sites (tertiary alicyclic amines) is 1. The van der Waals surface area contributed by atoms with Crippen LogP contribution in [0.5, 0.6) is 0 Å². The van der Waals surface area contributed by atoms with Gasteiger partial charge in [0.2, 0.25) is 5.91 Å². The molecule has 0 bridgehead atoms. The zero-order valence-electron chi connectivity index (χ0n) is 14.3. The number of carbonyl (C=O) groups excluding carboxylic acids is 2. The second kappa shape index (κ2) is 7.00. The van der Waals surface area contributed by atoms with Gasteiger partial charge >= 0.3 is 0 Å². The Balaban J connectivity index is 1.48. The molecule has 1 aromatic heterocycles. The standard InChI is InChI=1S/C20H20N4O2/c25-19(21-15-8-2-1-3-9-15)14-7-6-12-24(13-14)20(26)18-16-10-4-5-11-17(16)22-23-18/h1-5,8-11,14H,6-7,12-13H2,(H,21,25)(H,22,23). The van der Waals surface area contributed by atoms with Crippen LogP contribution in [-0.4, -0.2) is 40.0 Å². The molecule has 6 heteroatoms. The van der Waals surface area contributed by atoms with Crippen LogP contribution < -0.4 is 5.32 Å². The van der Waals surface area contributed by atoms with Crippen LogP contribution in [0.15, 0.2) is 54.6 Å². The van der Waals surface area contributed by atoms with Crippen LogP contribution in [0.25, 0.3) is 10.9 Å². The van der Waals surface area contributed by atoms with Gasteiger partial charge in [-0.1, -0.05) is 36.4 Å². The smallest absolute Gasteiger partial charge is 0.275 e. The third-order valence-electron chi connectivity index (χ3n) is 4.79. The average molecular weight is 348 g/mol. The maximum absolute atomic E-state index is 12.9. The summed E-state index contributed by atoms with van der Waals surface area (Å²) in [5.74, 6) is -0.377. The van der Waals surface area contributed by atoms with Crippen molar-refractivity contribution in [1.82, 2.24) is 15.1 Å². The number of rotatable bonds is 3. The molecular formula is C20H20N4O2. The zero-order chi connectivity index (χ0) is 17.9. The maximum Gasteiger partial charge on any atom is 0.275 e. The SMILES string of the molecule is O=C(Nc1ccccc1)C1CCCN(C(=O)c2n[nH]c3ccccc23)C1. The minimum absolute atomic E-state index is 0.0411. The van der Waals surface area contributed by atoms with Gasteiger partial charge in [-0.3, -0.25) is 14.7 Å². The van der Waals surface area contributed by atoms with Gasteiger partial charge in [0.05, 0.1) is 11.4 Å². The number of carbonyl (C=O) groups is 2. The predicted molar refractivity (Wildman–Crippen MR) is 99.8 cm³/mol. The number of piperidine rings is 1. The Morgan fingerprint density at radius 2 is 1.85 bits per heavy atom. The number of nitrogens with zero attached hydrogens (tertiary/aromatic N) is 2. The predicted octanol–water partition coefficient (Wildman–Crippen LogP) is 3.05. The third-order valence-corrected chi connectivity index (χ3v) is 4.79. The number of fused-ring (bicyclic) bond motifs is 1. The first-order chi connectivity index (χ1) is 12.7. The van der Waals surface area contributed by atoms with Crippen molar-refractivity contribution >= 4 is 28.4 Å². The second-order valence-electron chi connectivity index (χ2n) is 6.56. The molecule has 1 saturated heterocycles. The Hall–Kier alpha value is -3.15. The molecule has 6 nitrogen and oxygen atoms in total. The summed E-state index contributed by atoms with van der Waals surface area (Å²) in [6.45, 7) is 1.06. The van der Waals surface area contributed by atoms with Crippen LogP contribution in [0, 0.1) is 5.92 Å². The van der Waals surface area contributed by atoms with Crippen molar-refractivity contribution in [3.8, 4) is 0 Å². The minimum Gasteiger partial charge on any atom is -0.336 e. The number of anilines is 1. The highest BCUT2D eigenvalue weighted by Crippen LogP contribution is 2.23. The summed E-state index contributed by atoms with van der Waals surface area (Å²) in [5, 5.41) is 10.8. The van der Waals surface area contributed by atoms with Crippen LogP contribution in [0.1, 0.15) is 23.3 Å². The molecule has 1 atom stereocenters. The molecule has 2 heterocycles. The van der Waals surface area contributed by atoms with Gasteiger partial charge in [0, 0.05) is 24.2 Å². The van der Waals surface area contributed by atoms with Crippen LogP contribution >= 0.6 is 0 Å². The number of hydrogen-bond donors (Lipinski definition) is 2. The number of hydrogen-bond acceptors (Lipinski definition) is 3. The van der Waals surface area contributed by atoms with E-state index in [0.717, 1.165) is 29.4 Å². The molecule has 26 heavy (non-hydrogen) atoms. The summed E-state index contributed by atoms with van der Waals surface area (Å²) >= 11 is 0. The Bertz CT molecular complexity index is 935. The van der Waals surface area contributed by atoms with Gasteiger partial charge in [0.25, 0.3) is 5.91 Å². The molecule has 2 amide bonds. The van der Waals surface area contributed by atoms with Crippen LogP contribution in [0.3, 0.4) is 0 Å². The molecule has 4 rings (SSSR count). The monoisotopic (exact) mass is 348 g/mol. The molecule has 0 aliphatic carbocycles. The molecule has 2 N–H and O–H groups in total.